The topological polar surface area (TPSA) is 8.81 Å². The van der Waals surface area contributed by atoms with Crippen LogP contribution in [-0.2, 0) is 0 Å². The molecule has 0 saturated heterocycles. The first-order chi connectivity index (χ1) is 18.7. The van der Waals surface area contributed by atoms with E-state index in [9.17, 15) is 17.3 Å². The van der Waals surface area contributed by atoms with E-state index in [1.807, 2.05) is 29.8 Å². The molecule has 0 N–H and O–H groups in total. The van der Waals surface area contributed by atoms with Gasteiger partial charge in [0.1, 0.15) is 18.4 Å². The van der Waals surface area contributed by atoms with Crippen molar-refractivity contribution < 1.29 is 26.2 Å². The zero-order valence-corrected chi connectivity index (χ0v) is 22.1. The van der Waals surface area contributed by atoms with E-state index in [1.54, 1.807) is 6.07 Å². The maximum atomic E-state index is 15.7. The van der Waals surface area contributed by atoms with Gasteiger partial charge in [-0.2, -0.15) is 4.57 Å². The molecule has 0 amide bonds. The maximum Gasteiger partial charge on any atom is 0.673 e. The van der Waals surface area contributed by atoms with Gasteiger partial charge in [-0.05, 0) is 55.4 Å². The van der Waals surface area contributed by atoms with Gasteiger partial charge >= 0.3 is 7.25 Å². The summed E-state index contributed by atoms with van der Waals surface area (Å²) in [6.07, 6.45) is 15.2. The molecule has 3 aromatic carbocycles. The molecule has 1 heterocycles. The minimum atomic E-state index is -6.00. The highest BCUT2D eigenvalue weighted by molar-refractivity contribution is 6.50. The first-order valence-corrected chi connectivity index (χ1v) is 13.6. The Bertz CT molecular complexity index is 1270. The Morgan fingerprint density at radius 2 is 1.31 bits per heavy atom. The second kappa shape index (κ2) is 13.1. The summed E-state index contributed by atoms with van der Waals surface area (Å²) in [5.41, 5.74) is 4.91. The van der Waals surface area contributed by atoms with Crippen molar-refractivity contribution in [1.29, 1.82) is 0 Å². The zero-order valence-electron chi connectivity index (χ0n) is 22.1. The minimum absolute atomic E-state index is 0.0518. The van der Waals surface area contributed by atoms with Crippen molar-refractivity contribution in [2.75, 3.05) is 0 Å². The number of imidazole rings is 1. The highest BCUT2D eigenvalue weighted by Gasteiger charge is 2.27. The van der Waals surface area contributed by atoms with Gasteiger partial charge in [-0.1, -0.05) is 86.0 Å². The van der Waals surface area contributed by atoms with Crippen LogP contribution in [0.2, 0.25) is 0 Å². The van der Waals surface area contributed by atoms with E-state index >= 15 is 4.39 Å². The molecule has 0 bridgehead atoms. The molecule has 1 saturated carbocycles. The van der Waals surface area contributed by atoms with Crippen molar-refractivity contribution in [3.8, 4) is 5.69 Å². The van der Waals surface area contributed by atoms with Crippen LogP contribution in [0.15, 0.2) is 91.5 Å². The monoisotopic (exact) mass is 540 g/mol. The Morgan fingerprint density at radius 1 is 0.795 bits per heavy atom. The molecule has 2 nitrogen and oxygen atoms in total. The molecule has 206 valence electrons. The van der Waals surface area contributed by atoms with Crippen LogP contribution in [0.3, 0.4) is 0 Å². The van der Waals surface area contributed by atoms with E-state index < -0.39 is 7.25 Å². The number of hydrogen-bond donors (Lipinski definition) is 0. The summed E-state index contributed by atoms with van der Waals surface area (Å²) < 4.78 is 59.0. The average Bonchev–Trinajstić information content (AvgIpc) is 3.33. The van der Waals surface area contributed by atoms with Crippen LogP contribution in [0.4, 0.5) is 21.7 Å². The zero-order chi connectivity index (χ0) is 27.8. The van der Waals surface area contributed by atoms with Crippen LogP contribution in [0.25, 0.3) is 5.69 Å². The summed E-state index contributed by atoms with van der Waals surface area (Å²) in [7, 11) is -6.00. The third kappa shape index (κ3) is 8.04. The van der Waals surface area contributed by atoms with Crippen LogP contribution in [0, 0.1) is 12.7 Å². The molecule has 0 aliphatic heterocycles. The lowest BCUT2D eigenvalue weighted by Crippen LogP contribution is -2.37. The molecule has 0 unspecified atom stereocenters. The second-order valence-corrected chi connectivity index (χ2v) is 10.2. The number of benzene rings is 3. The number of aryl methyl sites for hydroxylation is 1. The molecule has 0 atom stereocenters. The number of nitrogens with zero attached hydrogens (tertiary/aromatic N) is 2. The normalized spacial score (nSPS) is 14.8. The lowest BCUT2D eigenvalue weighted by molar-refractivity contribution is -0.724. The van der Waals surface area contributed by atoms with Crippen molar-refractivity contribution in [3.63, 3.8) is 0 Å². The molecule has 1 aliphatic carbocycles. The van der Waals surface area contributed by atoms with Gasteiger partial charge in [0.05, 0.1) is 0 Å². The summed E-state index contributed by atoms with van der Waals surface area (Å²) in [4.78, 5) is 0. The Morgan fingerprint density at radius 3 is 1.85 bits per heavy atom. The second-order valence-electron chi connectivity index (χ2n) is 10.2. The standard InChI is InChI=1S/C31H34FN2.BF4/c1-24-21-28(30(25-13-7-5-8-14-25)26-15-9-6-10-16-26)31(29(32)22-24)34-20-19-33(23-34)27-17-11-3-2-4-12-18-27;2-1(3,4)5/h5-10,13-16,19-23,27,30H,2-4,11-12,17-18H2,1H3;/q+1;-1. The van der Waals surface area contributed by atoms with E-state index in [0.29, 0.717) is 11.7 Å². The number of hydrogen-bond acceptors (Lipinski definition) is 0. The number of aromatic nitrogens is 2. The van der Waals surface area contributed by atoms with Crippen molar-refractivity contribution >= 4 is 7.25 Å². The SMILES string of the molecule is Cc1cc(F)c(-n2cc[n+](C3CCCCCCC3)c2)c(C(c2ccccc2)c2ccccc2)c1.F[B-](F)(F)F. The maximum absolute atomic E-state index is 15.7. The molecule has 5 rings (SSSR count). The largest absolute Gasteiger partial charge is 0.673 e. The predicted octanol–water partition coefficient (Wildman–Crippen LogP) is 8.98. The molecule has 1 aliphatic rings. The van der Waals surface area contributed by atoms with Crippen molar-refractivity contribution in [2.24, 2.45) is 0 Å². The summed E-state index contributed by atoms with van der Waals surface area (Å²) in [6.45, 7) is 1.98. The fraction of sp³-hybridized carbons (Fsp3) is 0.323. The molecule has 1 aromatic heterocycles. The quantitative estimate of drug-likeness (QED) is 0.103. The molecule has 39 heavy (non-hydrogen) atoms. The lowest BCUT2D eigenvalue weighted by atomic mass is 9.83. The Labute approximate surface area is 227 Å². The summed E-state index contributed by atoms with van der Waals surface area (Å²) in [5.74, 6) is -0.226. The van der Waals surface area contributed by atoms with E-state index in [-0.39, 0.29) is 11.7 Å². The van der Waals surface area contributed by atoms with Gasteiger partial charge in [0, 0.05) is 11.5 Å². The molecule has 0 spiro atoms. The molecule has 0 radical (unpaired) electrons. The van der Waals surface area contributed by atoms with E-state index in [1.165, 1.54) is 56.1 Å². The van der Waals surface area contributed by atoms with E-state index in [0.717, 1.165) is 11.1 Å². The fourth-order valence-electron chi connectivity index (χ4n) is 5.55. The number of halogens is 5. The van der Waals surface area contributed by atoms with E-state index in [2.05, 4.69) is 71.7 Å². The van der Waals surface area contributed by atoms with Gasteiger partial charge in [0.15, 0.2) is 11.5 Å². The van der Waals surface area contributed by atoms with Gasteiger partial charge in [-0.25, -0.2) is 8.96 Å². The van der Waals surface area contributed by atoms with Gasteiger partial charge in [0.25, 0.3) is 0 Å². The molecular formula is C31H34BF5N2. The van der Waals surface area contributed by atoms with Crippen molar-refractivity contribution in [1.82, 2.24) is 4.57 Å². The summed E-state index contributed by atoms with van der Waals surface area (Å²) >= 11 is 0. The third-order valence-electron chi connectivity index (χ3n) is 7.23. The average molecular weight is 540 g/mol. The number of rotatable bonds is 5. The van der Waals surface area contributed by atoms with Gasteiger partial charge in [0.2, 0.25) is 6.33 Å². The highest BCUT2D eigenvalue weighted by Crippen LogP contribution is 2.37. The van der Waals surface area contributed by atoms with Gasteiger partial charge in [-0.15, -0.1) is 0 Å². The first kappa shape index (κ1) is 28.6. The van der Waals surface area contributed by atoms with Crippen LogP contribution in [0.1, 0.15) is 79.2 Å². The molecule has 4 aromatic rings. The van der Waals surface area contributed by atoms with Crippen molar-refractivity contribution in [3.05, 3.63) is 120 Å². The third-order valence-corrected chi connectivity index (χ3v) is 7.23. The predicted molar refractivity (Wildman–Crippen MR) is 146 cm³/mol. The summed E-state index contributed by atoms with van der Waals surface area (Å²) in [6, 6.07) is 25.2. The molecular weight excluding hydrogens is 506 g/mol. The van der Waals surface area contributed by atoms with Crippen LogP contribution in [-0.4, -0.2) is 11.8 Å². The Balaban J connectivity index is 0.000000648. The van der Waals surface area contributed by atoms with Gasteiger partial charge in [-0.3, -0.25) is 0 Å². The van der Waals surface area contributed by atoms with Crippen molar-refractivity contribution in [2.45, 2.75) is 63.8 Å². The molecule has 8 heteroatoms. The highest BCUT2D eigenvalue weighted by atomic mass is 19.5. The summed E-state index contributed by atoms with van der Waals surface area (Å²) in [5, 5.41) is 0. The lowest BCUT2D eigenvalue weighted by Gasteiger charge is -2.21. The Kier molecular flexibility index (Phi) is 9.60. The fourth-order valence-corrected chi connectivity index (χ4v) is 5.55. The molecule has 1 fully saturated rings. The van der Waals surface area contributed by atoms with Crippen LogP contribution < -0.4 is 4.57 Å². The Hall–Kier alpha value is -3.42. The smallest absolute Gasteiger partial charge is 0.418 e. The van der Waals surface area contributed by atoms with Crippen LogP contribution in [0.5, 0.6) is 0 Å². The van der Waals surface area contributed by atoms with Crippen LogP contribution >= 0.6 is 0 Å². The van der Waals surface area contributed by atoms with E-state index in [4.69, 9.17) is 0 Å². The minimum Gasteiger partial charge on any atom is -0.418 e. The first-order valence-electron chi connectivity index (χ1n) is 13.6. The van der Waals surface area contributed by atoms with Gasteiger partial charge < -0.3 is 17.3 Å².